The standard InChI is InChI=1S/C26H24N4O2/c1-19-6-5-8-21(28-19)12-13-23-16-22(29-30-23)11-9-20-10-14-25(17-26(20)31-2)32-18-24-7-3-4-15-27-24/h3-17H,18H2,1-2H3,(H,29,30)/b11-9+,13-12?. The van der Waals surface area contributed by atoms with Gasteiger partial charge in [-0.15, -0.1) is 0 Å². The first-order chi connectivity index (χ1) is 15.7. The van der Waals surface area contributed by atoms with Crippen LogP contribution in [0.25, 0.3) is 24.3 Å². The van der Waals surface area contributed by atoms with Crippen molar-refractivity contribution in [2.24, 2.45) is 0 Å². The van der Waals surface area contributed by atoms with E-state index in [1.807, 2.05) is 91.9 Å². The Morgan fingerprint density at radius 3 is 2.62 bits per heavy atom. The average molecular weight is 425 g/mol. The SMILES string of the molecule is COc1cc(OCc2ccccn2)ccc1/C=C/c1cc(C=Cc2cccc(C)n2)[nH]n1. The first-order valence-corrected chi connectivity index (χ1v) is 10.3. The molecule has 3 aromatic heterocycles. The second kappa shape index (κ2) is 10.2. The maximum Gasteiger partial charge on any atom is 0.130 e. The number of aromatic nitrogens is 4. The van der Waals surface area contributed by atoms with E-state index >= 15 is 0 Å². The normalized spacial score (nSPS) is 11.3. The smallest absolute Gasteiger partial charge is 0.130 e. The number of nitrogens with one attached hydrogen (secondary N) is 1. The number of aromatic amines is 1. The Morgan fingerprint density at radius 2 is 1.81 bits per heavy atom. The summed E-state index contributed by atoms with van der Waals surface area (Å²) in [5.41, 5.74) is 5.42. The van der Waals surface area contributed by atoms with Crippen molar-refractivity contribution in [2.75, 3.05) is 7.11 Å². The molecule has 0 aliphatic heterocycles. The number of hydrogen-bond acceptors (Lipinski definition) is 5. The molecule has 6 heteroatoms. The van der Waals surface area contributed by atoms with Crippen LogP contribution in [0, 0.1) is 6.92 Å². The van der Waals surface area contributed by atoms with Gasteiger partial charge < -0.3 is 9.47 Å². The van der Waals surface area contributed by atoms with Crippen LogP contribution in [-0.4, -0.2) is 27.3 Å². The molecule has 0 aliphatic carbocycles. The minimum atomic E-state index is 0.404. The van der Waals surface area contributed by atoms with Crippen molar-refractivity contribution in [3.05, 3.63) is 101 Å². The lowest BCUT2D eigenvalue weighted by Crippen LogP contribution is -1.98. The van der Waals surface area contributed by atoms with E-state index in [0.717, 1.165) is 45.5 Å². The van der Waals surface area contributed by atoms with E-state index in [1.165, 1.54) is 0 Å². The number of pyridine rings is 2. The third-order valence-electron chi connectivity index (χ3n) is 4.71. The summed E-state index contributed by atoms with van der Waals surface area (Å²) in [6, 6.07) is 19.4. The molecule has 6 nitrogen and oxygen atoms in total. The highest BCUT2D eigenvalue weighted by molar-refractivity contribution is 5.73. The number of nitrogens with zero attached hydrogens (tertiary/aromatic N) is 3. The number of hydrogen-bond donors (Lipinski definition) is 1. The Labute approximate surface area is 187 Å². The highest BCUT2D eigenvalue weighted by atomic mass is 16.5. The van der Waals surface area contributed by atoms with Crippen LogP contribution in [-0.2, 0) is 6.61 Å². The topological polar surface area (TPSA) is 72.9 Å². The Hall–Kier alpha value is -4.19. The van der Waals surface area contributed by atoms with Gasteiger partial charge >= 0.3 is 0 Å². The fourth-order valence-corrected chi connectivity index (χ4v) is 3.09. The zero-order chi connectivity index (χ0) is 22.2. The molecule has 0 bridgehead atoms. The largest absolute Gasteiger partial charge is 0.496 e. The summed E-state index contributed by atoms with van der Waals surface area (Å²) in [5, 5.41) is 7.37. The lowest BCUT2D eigenvalue weighted by molar-refractivity contribution is 0.299. The summed E-state index contributed by atoms with van der Waals surface area (Å²) in [7, 11) is 1.64. The fourth-order valence-electron chi connectivity index (χ4n) is 3.09. The van der Waals surface area contributed by atoms with Crippen molar-refractivity contribution in [1.82, 2.24) is 20.2 Å². The predicted octanol–water partition coefficient (Wildman–Crippen LogP) is 5.44. The molecule has 0 unspecified atom stereocenters. The zero-order valence-electron chi connectivity index (χ0n) is 18.0. The number of ether oxygens (including phenoxy) is 2. The van der Waals surface area contributed by atoms with Crippen molar-refractivity contribution in [3.8, 4) is 11.5 Å². The summed E-state index contributed by atoms with van der Waals surface area (Å²) in [6.45, 7) is 2.38. The maximum absolute atomic E-state index is 5.83. The second-order valence-electron chi connectivity index (χ2n) is 7.13. The molecule has 0 aliphatic rings. The summed E-state index contributed by atoms with van der Waals surface area (Å²) < 4.78 is 11.4. The zero-order valence-corrected chi connectivity index (χ0v) is 18.0. The van der Waals surface area contributed by atoms with Crippen LogP contribution in [0.4, 0.5) is 0 Å². The molecule has 0 radical (unpaired) electrons. The van der Waals surface area contributed by atoms with Crippen LogP contribution >= 0.6 is 0 Å². The summed E-state index contributed by atoms with van der Waals surface area (Å²) >= 11 is 0. The van der Waals surface area contributed by atoms with Gasteiger partial charge in [-0.05, 0) is 73.7 Å². The highest BCUT2D eigenvalue weighted by Gasteiger charge is 2.04. The Morgan fingerprint density at radius 1 is 0.906 bits per heavy atom. The van der Waals surface area contributed by atoms with Crippen LogP contribution in [0.2, 0.25) is 0 Å². The molecule has 0 amide bonds. The summed E-state index contributed by atoms with van der Waals surface area (Å²) in [6.07, 6.45) is 9.57. The van der Waals surface area contributed by atoms with Crippen molar-refractivity contribution in [2.45, 2.75) is 13.5 Å². The Kier molecular flexibility index (Phi) is 6.72. The molecule has 32 heavy (non-hydrogen) atoms. The van der Waals surface area contributed by atoms with Crippen molar-refractivity contribution < 1.29 is 9.47 Å². The lowest BCUT2D eigenvalue weighted by Gasteiger charge is -2.09. The molecule has 0 atom stereocenters. The Bertz CT molecular complexity index is 1230. The lowest BCUT2D eigenvalue weighted by atomic mass is 10.1. The van der Waals surface area contributed by atoms with E-state index in [0.29, 0.717) is 6.61 Å². The molecule has 3 heterocycles. The van der Waals surface area contributed by atoms with E-state index in [-0.39, 0.29) is 0 Å². The third kappa shape index (κ3) is 5.70. The number of aryl methyl sites for hydroxylation is 1. The van der Waals surface area contributed by atoms with Crippen molar-refractivity contribution in [3.63, 3.8) is 0 Å². The molecule has 4 aromatic rings. The average Bonchev–Trinajstić information content (AvgIpc) is 3.29. The molecule has 160 valence electrons. The molecule has 0 saturated carbocycles. The van der Waals surface area contributed by atoms with E-state index in [2.05, 4.69) is 20.2 Å². The molecule has 0 spiro atoms. The van der Waals surface area contributed by atoms with Crippen LogP contribution in [0.1, 0.15) is 34.0 Å². The highest BCUT2D eigenvalue weighted by Crippen LogP contribution is 2.27. The Balaban J connectivity index is 1.41. The van der Waals surface area contributed by atoms with Gasteiger partial charge in [-0.3, -0.25) is 15.1 Å². The second-order valence-corrected chi connectivity index (χ2v) is 7.13. The van der Waals surface area contributed by atoms with E-state index in [4.69, 9.17) is 9.47 Å². The number of benzene rings is 1. The molecule has 4 rings (SSSR count). The van der Waals surface area contributed by atoms with Gasteiger partial charge in [0, 0.05) is 23.5 Å². The van der Waals surface area contributed by atoms with Gasteiger partial charge in [0.05, 0.1) is 29.9 Å². The number of rotatable bonds is 8. The molecule has 1 aromatic carbocycles. The van der Waals surface area contributed by atoms with Gasteiger partial charge in [0.25, 0.3) is 0 Å². The number of H-pyrrole nitrogens is 1. The van der Waals surface area contributed by atoms with Crippen LogP contribution in [0.15, 0.2) is 66.9 Å². The number of methoxy groups -OCH3 is 1. The summed E-state index contributed by atoms with van der Waals surface area (Å²) in [5.74, 6) is 1.45. The van der Waals surface area contributed by atoms with Gasteiger partial charge in [0.1, 0.15) is 18.1 Å². The molecule has 1 N–H and O–H groups in total. The minimum Gasteiger partial charge on any atom is -0.496 e. The van der Waals surface area contributed by atoms with Crippen LogP contribution in [0.5, 0.6) is 11.5 Å². The minimum absolute atomic E-state index is 0.404. The van der Waals surface area contributed by atoms with Gasteiger partial charge in [-0.2, -0.15) is 5.10 Å². The third-order valence-corrected chi connectivity index (χ3v) is 4.71. The van der Waals surface area contributed by atoms with E-state index < -0.39 is 0 Å². The van der Waals surface area contributed by atoms with Crippen molar-refractivity contribution >= 4 is 24.3 Å². The monoisotopic (exact) mass is 424 g/mol. The molecule has 0 fully saturated rings. The molecule has 0 saturated heterocycles. The van der Waals surface area contributed by atoms with E-state index in [1.54, 1.807) is 13.3 Å². The van der Waals surface area contributed by atoms with E-state index in [9.17, 15) is 0 Å². The van der Waals surface area contributed by atoms with Crippen molar-refractivity contribution in [1.29, 1.82) is 0 Å². The van der Waals surface area contributed by atoms with Gasteiger partial charge in [-0.25, -0.2) is 0 Å². The first kappa shape index (κ1) is 21.1. The first-order valence-electron chi connectivity index (χ1n) is 10.3. The predicted molar refractivity (Wildman–Crippen MR) is 127 cm³/mol. The van der Waals surface area contributed by atoms with Gasteiger partial charge in [0.15, 0.2) is 0 Å². The van der Waals surface area contributed by atoms with Gasteiger partial charge in [0.2, 0.25) is 0 Å². The maximum atomic E-state index is 5.83. The molecular weight excluding hydrogens is 400 g/mol. The summed E-state index contributed by atoms with van der Waals surface area (Å²) in [4.78, 5) is 8.73. The van der Waals surface area contributed by atoms with Crippen LogP contribution < -0.4 is 9.47 Å². The fraction of sp³-hybridized carbons (Fsp3) is 0.115. The van der Waals surface area contributed by atoms with Gasteiger partial charge in [-0.1, -0.05) is 12.1 Å². The quantitative estimate of drug-likeness (QED) is 0.408. The molecular formula is C26H24N4O2. The van der Waals surface area contributed by atoms with Crippen LogP contribution in [0.3, 0.4) is 0 Å².